The fraction of sp³-hybridized carbons (Fsp3) is 0.733. The van der Waals surface area contributed by atoms with Crippen molar-refractivity contribution in [2.75, 3.05) is 32.9 Å². The number of thioether (sulfide) groups is 1. The Morgan fingerprint density at radius 3 is 2.76 bits per heavy atom. The van der Waals surface area contributed by atoms with E-state index in [2.05, 4.69) is 35.8 Å². The highest BCUT2D eigenvalue weighted by atomic mass is 127. The summed E-state index contributed by atoms with van der Waals surface area (Å²) in [6.45, 7) is 4.56. The fourth-order valence-electron chi connectivity index (χ4n) is 2.53. The molecule has 0 atom stereocenters. The van der Waals surface area contributed by atoms with E-state index >= 15 is 0 Å². The SMILES string of the molecule is CCCCCCSc1nsnc1C1=CCC[N+](C)(C)C1.[I-]. The van der Waals surface area contributed by atoms with Gasteiger partial charge >= 0.3 is 0 Å². The molecule has 1 aliphatic heterocycles. The van der Waals surface area contributed by atoms with E-state index in [1.807, 2.05) is 11.8 Å². The molecule has 0 radical (unpaired) electrons. The summed E-state index contributed by atoms with van der Waals surface area (Å²) < 4.78 is 10.1. The van der Waals surface area contributed by atoms with Crippen LogP contribution < -0.4 is 24.0 Å². The van der Waals surface area contributed by atoms with Crippen molar-refractivity contribution in [3.8, 4) is 0 Å². The van der Waals surface area contributed by atoms with E-state index in [9.17, 15) is 0 Å². The number of nitrogens with zero attached hydrogens (tertiary/aromatic N) is 3. The number of hydrogen-bond acceptors (Lipinski definition) is 4. The Morgan fingerprint density at radius 1 is 1.24 bits per heavy atom. The van der Waals surface area contributed by atoms with Crippen molar-refractivity contribution in [1.82, 2.24) is 8.75 Å². The van der Waals surface area contributed by atoms with E-state index in [1.54, 1.807) is 0 Å². The van der Waals surface area contributed by atoms with Gasteiger partial charge in [0.05, 0.1) is 32.4 Å². The average Bonchev–Trinajstić information content (AvgIpc) is 2.86. The lowest BCUT2D eigenvalue weighted by atomic mass is 10.1. The smallest absolute Gasteiger partial charge is 0.138 e. The molecule has 0 N–H and O–H groups in total. The van der Waals surface area contributed by atoms with E-state index < -0.39 is 0 Å². The quantitative estimate of drug-likeness (QED) is 0.275. The van der Waals surface area contributed by atoms with E-state index in [1.165, 1.54) is 55.3 Å². The monoisotopic (exact) mass is 439 g/mol. The maximum atomic E-state index is 4.55. The molecule has 0 aliphatic carbocycles. The molecular weight excluding hydrogens is 413 g/mol. The van der Waals surface area contributed by atoms with Gasteiger partial charge in [0.15, 0.2) is 0 Å². The molecule has 120 valence electrons. The van der Waals surface area contributed by atoms with Crippen molar-refractivity contribution in [1.29, 1.82) is 0 Å². The second-order valence-corrected chi connectivity index (χ2v) is 7.77. The van der Waals surface area contributed by atoms with E-state index in [0.717, 1.165) is 28.2 Å². The minimum Gasteiger partial charge on any atom is -1.00 e. The van der Waals surface area contributed by atoms with Crippen LogP contribution in [0.4, 0.5) is 0 Å². The van der Waals surface area contributed by atoms with Crippen LogP contribution >= 0.6 is 23.5 Å². The summed E-state index contributed by atoms with van der Waals surface area (Å²) >= 11 is 3.25. The zero-order chi connectivity index (χ0) is 14.4. The van der Waals surface area contributed by atoms with Gasteiger partial charge in [-0.15, -0.1) is 11.8 Å². The van der Waals surface area contributed by atoms with Crippen LogP contribution in [0.2, 0.25) is 0 Å². The summed E-state index contributed by atoms with van der Waals surface area (Å²) in [5.41, 5.74) is 2.55. The van der Waals surface area contributed by atoms with Gasteiger partial charge in [0.2, 0.25) is 0 Å². The van der Waals surface area contributed by atoms with Crippen LogP contribution in [0, 0.1) is 0 Å². The summed E-state index contributed by atoms with van der Waals surface area (Å²) in [7, 11) is 4.59. The highest BCUT2D eigenvalue weighted by Crippen LogP contribution is 2.30. The molecular formula is C15H26IN3S2. The van der Waals surface area contributed by atoms with Gasteiger partial charge in [-0.05, 0) is 12.2 Å². The Morgan fingerprint density at radius 2 is 2.05 bits per heavy atom. The van der Waals surface area contributed by atoms with Crippen molar-refractivity contribution in [3.63, 3.8) is 0 Å². The second kappa shape index (κ2) is 9.47. The first-order valence-corrected chi connectivity index (χ1v) is 9.31. The molecule has 3 nitrogen and oxygen atoms in total. The van der Waals surface area contributed by atoms with Crippen molar-refractivity contribution in [2.45, 2.75) is 44.1 Å². The van der Waals surface area contributed by atoms with Crippen LogP contribution in [0.1, 0.15) is 44.7 Å². The lowest BCUT2D eigenvalue weighted by molar-refractivity contribution is -0.883. The number of aromatic nitrogens is 2. The van der Waals surface area contributed by atoms with Gasteiger partial charge in [-0.1, -0.05) is 32.3 Å². The van der Waals surface area contributed by atoms with E-state index in [-0.39, 0.29) is 24.0 Å². The van der Waals surface area contributed by atoms with Crippen LogP contribution in [-0.4, -0.2) is 46.2 Å². The van der Waals surface area contributed by atoms with Crippen LogP contribution in [0.3, 0.4) is 0 Å². The highest BCUT2D eigenvalue weighted by molar-refractivity contribution is 7.99. The number of hydrogen-bond donors (Lipinski definition) is 0. The van der Waals surface area contributed by atoms with Crippen molar-refractivity contribution in [2.24, 2.45) is 0 Å². The van der Waals surface area contributed by atoms with Crippen LogP contribution in [0.25, 0.3) is 5.57 Å². The number of quaternary nitrogens is 1. The Bertz CT molecular complexity index is 458. The zero-order valence-electron chi connectivity index (χ0n) is 13.3. The van der Waals surface area contributed by atoms with Gasteiger partial charge in [0, 0.05) is 12.0 Å². The fourth-order valence-corrected chi connectivity index (χ4v) is 4.24. The molecule has 2 heterocycles. The molecule has 21 heavy (non-hydrogen) atoms. The minimum atomic E-state index is 0. The van der Waals surface area contributed by atoms with Gasteiger partial charge in [-0.3, -0.25) is 0 Å². The third-order valence-corrected chi connectivity index (χ3v) is 5.42. The van der Waals surface area contributed by atoms with Crippen molar-refractivity contribution >= 4 is 29.1 Å². The van der Waals surface area contributed by atoms with E-state index in [0.29, 0.717) is 0 Å². The molecule has 0 saturated heterocycles. The first-order chi connectivity index (χ1) is 9.62. The lowest BCUT2D eigenvalue weighted by Crippen LogP contribution is -3.00. The first-order valence-electron chi connectivity index (χ1n) is 7.59. The minimum absolute atomic E-state index is 0. The number of unbranched alkanes of at least 4 members (excludes halogenated alkanes) is 3. The Kier molecular flexibility index (Phi) is 8.74. The molecule has 2 rings (SSSR count). The van der Waals surface area contributed by atoms with Crippen molar-refractivity contribution < 1.29 is 28.5 Å². The molecule has 0 spiro atoms. The molecule has 1 aromatic heterocycles. The summed E-state index contributed by atoms with van der Waals surface area (Å²) in [6.07, 6.45) is 8.79. The van der Waals surface area contributed by atoms with Crippen LogP contribution in [0.15, 0.2) is 11.1 Å². The first kappa shape index (κ1) is 19.4. The van der Waals surface area contributed by atoms with Gasteiger partial charge in [0.1, 0.15) is 17.3 Å². The molecule has 0 bridgehead atoms. The zero-order valence-corrected chi connectivity index (χ0v) is 17.1. The summed E-state index contributed by atoms with van der Waals surface area (Å²) in [6, 6.07) is 0. The Balaban J connectivity index is 0.00000220. The van der Waals surface area contributed by atoms with Crippen molar-refractivity contribution in [3.05, 3.63) is 11.8 Å². The second-order valence-electron chi connectivity index (χ2n) is 6.16. The molecule has 1 aliphatic rings. The maximum absolute atomic E-state index is 4.55. The molecule has 6 heteroatoms. The van der Waals surface area contributed by atoms with Crippen LogP contribution in [-0.2, 0) is 0 Å². The summed E-state index contributed by atoms with van der Waals surface area (Å²) in [5.74, 6) is 1.17. The predicted octanol–water partition coefficient (Wildman–Crippen LogP) is 1.08. The lowest BCUT2D eigenvalue weighted by Gasteiger charge is -2.33. The Labute approximate surface area is 154 Å². The largest absolute Gasteiger partial charge is 1.00 e. The standard InChI is InChI=1S/C15H26N3S2.HI/c1-4-5-6-7-11-19-15-14(16-20-17-15)13-9-8-10-18(2,3)12-13;/h9H,4-8,10-12H2,1-3H3;1H/q+1;/p-1. The van der Waals surface area contributed by atoms with Gasteiger partial charge < -0.3 is 28.5 Å². The molecule has 0 amide bonds. The molecule has 0 saturated carbocycles. The number of halogens is 1. The summed E-state index contributed by atoms with van der Waals surface area (Å²) in [5, 5.41) is 1.15. The number of rotatable bonds is 7. The highest BCUT2D eigenvalue weighted by Gasteiger charge is 2.25. The van der Waals surface area contributed by atoms with Crippen LogP contribution in [0.5, 0.6) is 0 Å². The maximum Gasteiger partial charge on any atom is 0.138 e. The number of likely N-dealkylation sites (N-methyl/N-ethyl adjacent to an activating group) is 1. The Hall–Kier alpha value is 0.340. The average molecular weight is 439 g/mol. The van der Waals surface area contributed by atoms with Gasteiger partial charge in [-0.25, -0.2) is 0 Å². The topological polar surface area (TPSA) is 25.8 Å². The summed E-state index contributed by atoms with van der Waals surface area (Å²) in [4.78, 5) is 0. The molecule has 1 aromatic rings. The van der Waals surface area contributed by atoms with Gasteiger partial charge in [-0.2, -0.15) is 8.75 Å². The third-order valence-electron chi connectivity index (χ3n) is 3.72. The molecule has 0 unspecified atom stereocenters. The predicted molar refractivity (Wildman–Crippen MR) is 89.2 cm³/mol. The normalized spacial score (nSPS) is 17.2. The third kappa shape index (κ3) is 6.15. The molecule has 0 fully saturated rings. The van der Waals surface area contributed by atoms with Gasteiger partial charge in [0.25, 0.3) is 0 Å². The molecule has 0 aromatic carbocycles. The van der Waals surface area contributed by atoms with E-state index in [4.69, 9.17) is 0 Å².